The first-order valence-corrected chi connectivity index (χ1v) is 7.24. The maximum absolute atomic E-state index is 13.4. The molecule has 0 saturated carbocycles. The zero-order chi connectivity index (χ0) is 16.1. The summed E-state index contributed by atoms with van der Waals surface area (Å²) in [6, 6.07) is 4.49. The van der Waals surface area contributed by atoms with Gasteiger partial charge in [0, 0.05) is 36.5 Å². The lowest BCUT2D eigenvalue weighted by Gasteiger charge is -2.08. The Kier molecular flexibility index (Phi) is 5.27. The van der Waals surface area contributed by atoms with E-state index in [1.54, 1.807) is 19.1 Å². The summed E-state index contributed by atoms with van der Waals surface area (Å²) in [7, 11) is 0. The number of nitrogens with zero attached hydrogens (tertiary/aromatic N) is 1. The van der Waals surface area contributed by atoms with Gasteiger partial charge in [-0.1, -0.05) is 6.07 Å². The van der Waals surface area contributed by atoms with E-state index in [-0.39, 0.29) is 11.7 Å². The number of hydrogen-bond donors (Lipinski definition) is 3. The van der Waals surface area contributed by atoms with Gasteiger partial charge in [0.15, 0.2) is 0 Å². The highest BCUT2D eigenvalue weighted by molar-refractivity contribution is 5.94. The monoisotopic (exact) mass is 304 g/mol. The van der Waals surface area contributed by atoms with E-state index in [9.17, 15) is 9.18 Å². The minimum absolute atomic E-state index is 0.267. The summed E-state index contributed by atoms with van der Waals surface area (Å²) < 4.78 is 13.4. The van der Waals surface area contributed by atoms with Crippen LogP contribution in [0.4, 0.5) is 4.39 Å². The molecule has 1 heterocycles. The molecule has 6 heteroatoms. The maximum Gasteiger partial charge on any atom is 0.251 e. The van der Waals surface area contributed by atoms with Crippen LogP contribution in [0.3, 0.4) is 0 Å². The van der Waals surface area contributed by atoms with Crippen molar-refractivity contribution in [1.82, 2.24) is 20.8 Å². The Morgan fingerprint density at radius 2 is 2.05 bits per heavy atom. The lowest BCUT2D eigenvalue weighted by atomic mass is 10.1. The van der Waals surface area contributed by atoms with Gasteiger partial charge in [0.25, 0.3) is 5.91 Å². The van der Waals surface area contributed by atoms with Gasteiger partial charge in [-0.3, -0.25) is 9.89 Å². The third-order valence-electron chi connectivity index (χ3n) is 3.60. The van der Waals surface area contributed by atoms with Crippen LogP contribution >= 0.6 is 0 Å². The molecule has 2 aromatic rings. The molecule has 118 valence electrons. The lowest BCUT2D eigenvalue weighted by molar-refractivity contribution is 0.0953. The molecule has 0 radical (unpaired) electrons. The van der Waals surface area contributed by atoms with Gasteiger partial charge < -0.3 is 10.6 Å². The van der Waals surface area contributed by atoms with Crippen molar-refractivity contribution in [2.75, 3.05) is 13.1 Å². The van der Waals surface area contributed by atoms with Gasteiger partial charge in [-0.05, 0) is 38.5 Å². The SMILES string of the molecule is Cc1ccc(C(=O)NCCNCc2c(C)n[nH]c2C)cc1F. The van der Waals surface area contributed by atoms with Crippen LogP contribution in [-0.2, 0) is 6.54 Å². The number of hydrogen-bond acceptors (Lipinski definition) is 3. The largest absolute Gasteiger partial charge is 0.351 e. The molecule has 0 unspecified atom stereocenters. The third kappa shape index (κ3) is 3.92. The first-order valence-electron chi connectivity index (χ1n) is 7.24. The number of benzene rings is 1. The van der Waals surface area contributed by atoms with Crippen LogP contribution in [0.15, 0.2) is 18.2 Å². The van der Waals surface area contributed by atoms with E-state index in [1.807, 2.05) is 13.8 Å². The zero-order valence-corrected chi connectivity index (χ0v) is 13.1. The molecular weight excluding hydrogens is 283 g/mol. The van der Waals surface area contributed by atoms with Crippen molar-refractivity contribution in [3.05, 3.63) is 52.1 Å². The predicted molar refractivity (Wildman–Crippen MR) is 83.2 cm³/mol. The minimum atomic E-state index is -0.364. The summed E-state index contributed by atoms with van der Waals surface area (Å²) in [5.74, 6) is -0.631. The first-order chi connectivity index (χ1) is 10.5. The number of aryl methyl sites for hydroxylation is 3. The van der Waals surface area contributed by atoms with E-state index >= 15 is 0 Å². The van der Waals surface area contributed by atoms with Crippen LogP contribution < -0.4 is 10.6 Å². The average molecular weight is 304 g/mol. The number of halogens is 1. The number of amides is 1. The molecule has 0 spiro atoms. The summed E-state index contributed by atoms with van der Waals surface area (Å²) in [5.41, 5.74) is 4.04. The molecule has 0 aliphatic rings. The molecule has 1 aromatic carbocycles. The van der Waals surface area contributed by atoms with Gasteiger partial charge in [0.2, 0.25) is 0 Å². The summed E-state index contributed by atoms with van der Waals surface area (Å²) in [6.45, 7) is 7.40. The Bertz CT molecular complexity index is 647. The smallest absolute Gasteiger partial charge is 0.251 e. The molecule has 0 saturated heterocycles. The number of aromatic nitrogens is 2. The van der Waals surface area contributed by atoms with Gasteiger partial charge in [-0.15, -0.1) is 0 Å². The van der Waals surface area contributed by atoms with Gasteiger partial charge >= 0.3 is 0 Å². The number of H-pyrrole nitrogens is 1. The van der Waals surface area contributed by atoms with Crippen molar-refractivity contribution in [2.24, 2.45) is 0 Å². The Balaban J connectivity index is 1.74. The van der Waals surface area contributed by atoms with Gasteiger partial charge in [-0.2, -0.15) is 5.10 Å². The molecule has 0 atom stereocenters. The van der Waals surface area contributed by atoms with Crippen molar-refractivity contribution < 1.29 is 9.18 Å². The van der Waals surface area contributed by atoms with E-state index in [4.69, 9.17) is 0 Å². The highest BCUT2D eigenvalue weighted by Crippen LogP contribution is 2.09. The fourth-order valence-electron chi connectivity index (χ4n) is 2.15. The molecule has 0 aliphatic heterocycles. The van der Waals surface area contributed by atoms with E-state index in [1.165, 1.54) is 6.07 Å². The van der Waals surface area contributed by atoms with Crippen molar-refractivity contribution in [3.63, 3.8) is 0 Å². The number of carbonyl (C=O) groups excluding carboxylic acids is 1. The molecule has 1 amide bonds. The highest BCUT2D eigenvalue weighted by Gasteiger charge is 2.08. The molecule has 0 aliphatic carbocycles. The van der Waals surface area contributed by atoms with Crippen LogP contribution in [0.25, 0.3) is 0 Å². The Morgan fingerprint density at radius 3 is 2.68 bits per heavy atom. The average Bonchev–Trinajstić information content (AvgIpc) is 2.81. The van der Waals surface area contributed by atoms with E-state index < -0.39 is 0 Å². The first kappa shape index (κ1) is 16.2. The quantitative estimate of drug-likeness (QED) is 0.715. The highest BCUT2D eigenvalue weighted by atomic mass is 19.1. The molecule has 0 fully saturated rings. The second-order valence-electron chi connectivity index (χ2n) is 5.31. The minimum Gasteiger partial charge on any atom is -0.351 e. The van der Waals surface area contributed by atoms with Crippen LogP contribution in [0.5, 0.6) is 0 Å². The van der Waals surface area contributed by atoms with E-state index in [0.717, 1.165) is 17.0 Å². The van der Waals surface area contributed by atoms with E-state index in [2.05, 4.69) is 20.8 Å². The van der Waals surface area contributed by atoms with Gasteiger partial charge in [0.05, 0.1) is 5.69 Å². The second-order valence-corrected chi connectivity index (χ2v) is 5.31. The fraction of sp³-hybridized carbons (Fsp3) is 0.375. The Morgan fingerprint density at radius 1 is 1.27 bits per heavy atom. The van der Waals surface area contributed by atoms with E-state index in [0.29, 0.717) is 30.8 Å². The predicted octanol–water partition coefficient (Wildman–Crippen LogP) is 1.99. The van der Waals surface area contributed by atoms with Crippen LogP contribution in [0.2, 0.25) is 0 Å². The summed E-state index contributed by atoms with van der Waals surface area (Å²) in [5, 5.41) is 13.1. The lowest BCUT2D eigenvalue weighted by Crippen LogP contribution is -2.31. The van der Waals surface area contributed by atoms with Crippen molar-refractivity contribution in [1.29, 1.82) is 0 Å². The molecule has 3 N–H and O–H groups in total. The normalized spacial score (nSPS) is 10.7. The van der Waals surface area contributed by atoms with Crippen molar-refractivity contribution in [2.45, 2.75) is 27.3 Å². The Labute approximate surface area is 129 Å². The number of aromatic amines is 1. The molecule has 0 bridgehead atoms. The third-order valence-corrected chi connectivity index (χ3v) is 3.60. The molecule has 1 aromatic heterocycles. The van der Waals surface area contributed by atoms with Crippen molar-refractivity contribution >= 4 is 5.91 Å². The number of carbonyl (C=O) groups is 1. The maximum atomic E-state index is 13.4. The molecular formula is C16H21FN4O. The van der Waals surface area contributed by atoms with Crippen LogP contribution in [0, 0.1) is 26.6 Å². The van der Waals surface area contributed by atoms with Crippen LogP contribution in [-0.4, -0.2) is 29.2 Å². The molecule has 2 rings (SSSR count). The fourth-order valence-corrected chi connectivity index (χ4v) is 2.15. The van der Waals surface area contributed by atoms with Gasteiger partial charge in [0.1, 0.15) is 5.82 Å². The van der Waals surface area contributed by atoms with Gasteiger partial charge in [-0.25, -0.2) is 4.39 Å². The van der Waals surface area contributed by atoms with Crippen LogP contribution in [0.1, 0.15) is 32.9 Å². The standard InChI is InChI=1S/C16H21FN4O/c1-10-4-5-13(8-15(10)17)16(22)19-7-6-18-9-14-11(2)20-21-12(14)3/h4-5,8,18H,6-7,9H2,1-3H3,(H,19,22)(H,20,21). The summed E-state index contributed by atoms with van der Waals surface area (Å²) >= 11 is 0. The zero-order valence-electron chi connectivity index (χ0n) is 13.1. The summed E-state index contributed by atoms with van der Waals surface area (Å²) in [4.78, 5) is 11.9. The summed E-state index contributed by atoms with van der Waals surface area (Å²) in [6.07, 6.45) is 0. The van der Waals surface area contributed by atoms with Crippen molar-refractivity contribution in [3.8, 4) is 0 Å². The topological polar surface area (TPSA) is 69.8 Å². The molecule has 5 nitrogen and oxygen atoms in total. The Hall–Kier alpha value is -2.21. The number of rotatable bonds is 6. The number of nitrogens with one attached hydrogen (secondary N) is 3. The second kappa shape index (κ2) is 7.17. The molecule has 22 heavy (non-hydrogen) atoms.